The Morgan fingerprint density at radius 2 is 2.00 bits per heavy atom. The van der Waals surface area contributed by atoms with Gasteiger partial charge < -0.3 is 20.2 Å². The molecule has 2 atom stereocenters. The average Bonchev–Trinajstić information content (AvgIpc) is 3.23. The highest BCUT2D eigenvalue weighted by molar-refractivity contribution is 5.94. The molecule has 2 aromatic heterocycles. The summed E-state index contributed by atoms with van der Waals surface area (Å²) in [6.45, 7) is 5.20. The van der Waals surface area contributed by atoms with Crippen LogP contribution in [0.4, 0.5) is 0 Å². The summed E-state index contributed by atoms with van der Waals surface area (Å²) in [7, 11) is 0. The third-order valence-corrected chi connectivity index (χ3v) is 6.60. The topological polar surface area (TPSA) is 95.1 Å². The summed E-state index contributed by atoms with van der Waals surface area (Å²) in [5.74, 6) is 1.60. The maximum atomic E-state index is 13.0. The van der Waals surface area contributed by atoms with E-state index in [2.05, 4.69) is 25.5 Å². The van der Waals surface area contributed by atoms with Crippen molar-refractivity contribution in [1.82, 2.24) is 30.1 Å². The summed E-state index contributed by atoms with van der Waals surface area (Å²) < 4.78 is 1.85. The van der Waals surface area contributed by atoms with Gasteiger partial charge in [0.1, 0.15) is 11.4 Å². The molecular formula is C21H30Cl2N6O2. The zero-order valence-electron chi connectivity index (χ0n) is 17.4. The molecule has 3 N–H and O–H groups in total. The molecule has 2 aromatic rings. The number of hydrogen-bond acceptors (Lipinski definition) is 5. The molecule has 3 aliphatic heterocycles. The fourth-order valence-corrected chi connectivity index (χ4v) is 5.06. The number of nitrogens with zero attached hydrogens (tertiary/aromatic N) is 3. The number of pyridine rings is 1. The fourth-order valence-electron chi connectivity index (χ4n) is 5.06. The SMILES string of the molecule is Cl.Cl.O=C(NC1CCN(Cc2ncc[nH]2)CC1)c1ccc2n(c1=O)C[C@@H]1CNC[C@H]2C1. The van der Waals surface area contributed by atoms with Crippen LogP contribution in [0.15, 0.2) is 29.3 Å². The number of aromatic amines is 1. The van der Waals surface area contributed by atoms with Crippen molar-refractivity contribution in [3.63, 3.8) is 0 Å². The van der Waals surface area contributed by atoms with Crippen LogP contribution >= 0.6 is 24.8 Å². The summed E-state index contributed by atoms with van der Waals surface area (Å²) >= 11 is 0. The molecule has 5 heterocycles. The van der Waals surface area contributed by atoms with Gasteiger partial charge in [0, 0.05) is 56.2 Å². The molecule has 0 radical (unpaired) electrons. The normalized spacial score (nSPS) is 23.2. The van der Waals surface area contributed by atoms with E-state index in [1.807, 2.05) is 16.8 Å². The van der Waals surface area contributed by atoms with Crippen LogP contribution in [0, 0.1) is 5.92 Å². The van der Waals surface area contributed by atoms with Crippen LogP contribution in [0.1, 0.15) is 47.1 Å². The van der Waals surface area contributed by atoms with Crippen molar-refractivity contribution in [2.75, 3.05) is 26.2 Å². The van der Waals surface area contributed by atoms with Gasteiger partial charge in [0.2, 0.25) is 0 Å². The molecular weight excluding hydrogens is 439 g/mol. The van der Waals surface area contributed by atoms with Crippen LogP contribution in [-0.4, -0.2) is 57.6 Å². The maximum absolute atomic E-state index is 13.0. The van der Waals surface area contributed by atoms with Crippen molar-refractivity contribution < 1.29 is 4.79 Å². The third kappa shape index (κ3) is 4.98. The standard InChI is InChI=1S/C21H28N6O2.2ClH/c28-20(25-16-3-7-26(8-4-16)13-19-23-5-6-24-19)17-1-2-18-15-9-14(10-22-11-15)12-27(18)21(17)29;;/h1-2,5-6,14-16,22H,3-4,7-13H2,(H,23,24)(H,25,28);2*1H/t14-,15+;;/m0../s1. The van der Waals surface area contributed by atoms with Gasteiger partial charge in [0.15, 0.2) is 0 Å². The Morgan fingerprint density at radius 3 is 2.74 bits per heavy atom. The summed E-state index contributed by atoms with van der Waals surface area (Å²) in [5, 5.41) is 6.55. The second kappa shape index (κ2) is 10.2. The van der Waals surface area contributed by atoms with Gasteiger partial charge in [-0.3, -0.25) is 14.5 Å². The number of rotatable bonds is 4. The molecule has 2 saturated heterocycles. The van der Waals surface area contributed by atoms with Crippen molar-refractivity contribution >= 4 is 30.7 Å². The molecule has 2 bridgehead atoms. The lowest BCUT2D eigenvalue weighted by Gasteiger charge is -2.37. The van der Waals surface area contributed by atoms with E-state index < -0.39 is 0 Å². The van der Waals surface area contributed by atoms with E-state index in [9.17, 15) is 9.59 Å². The van der Waals surface area contributed by atoms with Crippen molar-refractivity contribution in [3.8, 4) is 0 Å². The lowest BCUT2D eigenvalue weighted by atomic mass is 9.84. The number of carbonyl (C=O) groups is 1. The second-order valence-corrected chi connectivity index (χ2v) is 8.60. The zero-order valence-corrected chi connectivity index (χ0v) is 19.0. The summed E-state index contributed by atoms with van der Waals surface area (Å²) in [4.78, 5) is 35.6. The number of carbonyl (C=O) groups excluding carboxylic acids is 1. The van der Waals surface area contributed by atoms with Crippen LogP contribution in [0.3, 0.4) is 0 Å². The Kier molecular flexibility index (Phi) is 7.80. The highest BCUT2D eigenvalue weighted by Gasteiger charge is 2.32. The number of likely N-dealkylation sites (tertiary alicyclic amines) is 1. The van der Waals surface area contributed by atoms with E-state index in [1.54, 1.807) is 12.3 Å². The molecule has 0 spiro atoms. The fraction of sp³-hybridized carbons (Fsp3) is 0.571. The molecule has 10 heteroatoms. The minimum Gasteiger partial charge on any atom is -0.349 e. The zero-order chi connectivity index (χ0) is 19.8. The van der Waals surface area contributed by atoms with Gasteiger partial charge in [-0.1, -0.05) is 0 Å². The van der Waals surface area contributed by atoms with Crippen molar-refractivity contribution in [2.45, 2.75) is 44.3 Å². The first-order chi connectivity index (χ1) is 14.2. The van der Waals surface area contributed by atoms with Gasteiger partial charge in [-0.05, 0) is 43.9 Å². The molecule has 0 aromatic carbocycles. The van der Waals surface area contributed by atoms with E-state index in [1.165, 1.54) is 0 Å². The molecule has 3 aliphatic rings. The van der Waals surface area contributed by atoms with E-state index in [4.69, 9.17) is 0 Å². The largest absolute Gasteiger partial charge is 0.349 e. The number of aromatic nitrogens is 3. The minimum absolute atomic E-state index is 0. The average molecular weight is 469 g/mol. The maximum Gasteiger partial charge on any atom is 0.263 e. The van der Waals surface area contributed by atoms with Gasteiger partial charge in [-0.25, -0.2) is 4.98 Å². The molecule has 8 nitrogen and oxygen atoms in total. The monoisotopic (exact) mass is 468 g/mol. The molecule has 1 amide bonds. The lowest BCUT2D eigenvalue weighted by Crippen LogP contribution is -2.48. The molecule has 0 aliphatic carbocycles. The first-order valence-corrected chi connectivity index (χ1v) is 10.6. The van der Waals surface area contributed by atoms with Crippen LogP contribution < -0.4 is 16.2 Å². The van der Waals surface area contributed by atoms with Gasteiger partial charge in [0.25, 0.3) is 11.5 Å². The Hall–Kier alpha value is -1.87. The van der Waals surface area contributed by atoms with Crippen LogP contribution in [-0.2, 0) is 13.1 Å². The van der Waals surface area contributed by atoms with Gasteiger partial charge in [0.05, 0.1) is 6.54 Å². The second-order valence-electron chi connectivity index (χ2n) is 8.60. The van der Waals surface area contributed by atoms with E-state index in [0.717, 1.165) is 63.5 Å². The van der Waals surface area contributed by atoms with E-state index >= 15 is 0 Å². The lowest BCUT2D eigenvalue weighted by molar-refractivity contribution is 0.0905. The highest BCUT2D eigenvalue weighted by atomic mass is 35.5. The molecule has 0 saturated carbocycles. The van der Waals surface area contributed by atoms with Crippen molar-refractivity contribution in [3.05, 3.63) is 52.0 Å². The molecule has 170 valence electrons. The molecule has 5 rings (SSSR count). The summed E-state index contributed by atoms with van der Waals surface area (Å²) in [5.41, 5.74) is 1.22. The van der Waals surface area contributed by atoms with Crippen molar-refractivity contribution in [2.24, 2.45) is 5.92 Å². The number of piperidine rings is 2. The number of fused-ring (bicyclic) bond motifs is 4. The Labute approximate surface area is 194 Å². The molecule has 0 unspecified atom stereocenters. The Morgan fingerprint density at radius 1 is 1.19 bits per heavy atom. The van der Waals surface area contributed by atoms with E-state index in [-0.39, 0.29) is 47.9 Å². The van der Waals surface area contributed by atoms with Crippen LogP contribution in [0.2, 0.25) is 0 Å². The quantitative estimate of drug-likeness (QED) is 0.631. The number of amides is 1. The van der Waals surface area contributed by atoms with Crippen molar-refractivity contribution in [1.29, 1.82) is 0 Å². The van der Waals surface area contributed by atoms with Gasteiger partial charge >= 0.3 is 0 Å². The molecule has 31 heavy (non-hydrogen) atoms. The third-order valence-electron chi connectivity index (χ3n) is 6.60. The Bertz CT molecular complexity index is 940. The van der Waals surface area contributed by atoms with Gasteiger partial charge in [-0.15, -0.1) is 24.8 Å². The van der Waals surface area contributed by atoms with Gasteiger partial charge in [-0.2, -0.15) is 0 Å². The number of halogens is 2. The van der Waals surface area contributed by atoms with Crippen LogP contribution in [0.5, 0.6) is 0 Å². The summed E-state index contributed by atoms with van der Waals surface area (Å²) in [6.07, 6.45) is 6.50. The summed E-state index contributed by atoms with van der Waals surface area (Å²) in [6, 6.07) is 3.82. The predicted molar refractivity (Wildman–Crippen MR) is 123 cm³/mol. The van der Waals surface area contributed by atoms with E-state index in [0.29, 0.717) is 18.4 Å². The number of hydrogen-bond donors (Lipinski definition) is 3. The first kappa shape index (κ1) is 23.8. The first-order valence-electron chi connectivity index (χ1n) is 10.6. The predicted octanol–water partition coefficient (Wildman–Crippen LogP) is 1.52. The minimum atomic E-state index is -0.233. The Balaban J connectivity index is 0.00000136. The number of H-pyrrole nitrogens is 1. The highest BCUT2D eigenvalue weighted by Crippen LogP contribution is 2.31. The smallest absolute Gasteiger partial charge is 0.263 e. The van der Waals surface area contributed by atoms with Crippen LogP contribution in [0.25, 0.3) is 0 Å². The number of imidazole rings is 1. The number of nitrogens with one attached hydrogen (secondary N) is 3. The molecule has 2 fully saturated rings.